The van der Waals surface area contributed by atoms with Gasteiger partial charge in [0.25, 0.3) is 0 Å². The lowest BCUT2D eigenvalue weighted by Gasteiger charge is -2.48. The van der Waals surface area contributed by atoms with Crippen molar-refractivity contribution in [2.75, 3.05) is 26.4 Å². The van der Waals surface area contributed by atoms with Gasteiger partial charge in [0.2, 0.25) is 5.91 Å². The predicted molar refractivity (Wildman–Crippen MR) is 429 cm³/mol. The lowest BCUT2D eigenvalue weighted by molar-refractivity contribution is -0.379. The highest BCUT2D eigenvalue weighted by molar-refractivity contribution is 5.76. The molecule has 3 heterocycles. The maximum absolute atomic E-state index is 13.5. The Kier molecular flexibility index (Phi) is 61.9. The number of nitrogens with one attached hydrogen (secondary N) is 1. The van der Waals surface area contributed by atoms with Gasteiger partial charge in [-0.1, -0.05) is 343 Å². The molecule has 107 heavy (non-hydrogen) atoms. The van der Waals surface area contributed by atoms with Crippen LogP contribution in [0.15, 0.2) is 85.1 Å². The zero-order valence-electron chi connectivity index (χ0n) is 66.9. The van der Waals surface area contributed by atoms with Gasteiger partial charge in [0.15, 0.2) is 18.9 Å². The quantitative estimate of drug-likeness (QED) is 0.0199. The highest BCUT2D eigenvalue weighted by atomic mass is 16.8. The first-order chi connectivity index (χ1) is 52.3. The Morgan fingerprint density at radius 3 is 1.01 bits per heavy atom. The van der Waals surface area contributed by atoms with Crippen molar-refractivity contribution in [1.82, 2.24) is 5.32 Å². The monoisotopic (exact) mass is 1520 g/mol. The molecule has 0 spiro atoms. The van der Waals surface area contributed by atoms with Crippen LogP contribution < -0.4 is 5.32 Å². The number of ether oxygens (including phenoxy) is 6. The van der Waals surface area contributed by atoms with E-state index < -0.39 is 124 Å². The average molecular weight is 1520 g/mol. The van der Waals surface area contributed by atoms with Crippen LogP contribution in [0.2, 0.25) is 0 Å². The van der Waals surface area contributed by atoms with Gasteiger partial charge in [-0.25, -0.2) is 0 Å². The number of amides is 1. The van der Waals surface area contributed by atoms with Crippen molar-refractivity contribution in [2.45, 2.75) is 439 Å². The summed E-state index contributed by atoms with van der Waals surface area (Å²) in [6, 6.07) is -0.896. The van der Waals surface area contributed by atoms with Gasteiger partial charge in [-0.2, -0.15) is 0 Å². The first kappa shape index (κ1) is 98.2. The van der Waals surface area contributed by atoms with Gasteiger partial charge in [0.1, 0.15) is 73.2 Å². The van der Waals surface area contributed by atoms with Gasteiger partial charge < -0.3 is 89.9 Å². The van der Waals surface area contributed by atoms with Crippen LogP contribution >= 0.6 is 0 Å². The predicted octanol–water partition coefficient (Wildman–Crippen LogP) is 15.7. The van der Waals surface area contributed by atoms with Crippen LogP contribution in [-0.2, 0) is 33.2 Å². The molecule has 0 saturated carbocycles. The van der Waals surface area contributed by atoms with Crippen molar-refractivity contribution >= 4 is 5.91 Å². The van der Waals surface area contributed by atoms with E-state index in [4.69, 9.17) is 28.4 Å². The van der Waals surface area contributed by atoms with Crippen LogP contribution in [0, 0.1) is 0 Å². The molecule has 19 heteroatoms. The maximum atomic E-state index is 13.5. The second-order valence-corrected chi connectivity index (χ2v) is 30.6. The topological polar surface area (TPSA) is 307 Å². The number of carbonyl (C=O) groups is 1. The minimum absolute atomic E-state index is 0.245. The van der Waals surface area contributed by atoms with Crippen LogP contribution in [-0.4, -0.2) is 193 Å². The molecule has 0 aromatic heterocycles. The van der Waals surface area contributed by atoms with E-state index in [-0.39, 0.29) is 18.9 Å². The van der Waals surface area contributed by atoms with E-state index in [9.17, 15) is 61.0 Å². The minimum atomic E-state index is -1.98. The molecule has 3 rings (SSSR count). The first-order valence-electron chi connectivity index (χ1n) is 43.3. The van der Waals surface area contributed by atoms with Crippen LogP contribution in [0.3, 0.4) is 0 Å². The Hall–Kier alpha value is -3.03. The van der Waals surface area contributed by atoms with E-state index in [1.54, 1.807) is 0 Å². The van der Waals surface area contributed by atoms with Crippen LogP contribution in [0.5, 0.6) is 0 Å². The minimum Gasteiger partial charge on any atom is -0.394 e. The van der Waals surface area contributed by atoms with Crippen LogP contribution in [0.4, 0.5) is 0 Å². The van der Waals surface area contributed by atoms with Gasteiger partial charge >= 0.3 is 0 Å². The van der Waals surface area contributed by atoms with E-state index in [2.05, 4.69) is 104 Å². The average Bonchev–Trinajstić information content (AvgIpc) is 0.782. The molecule has 1 amide bonds. The van der Waals surface area contributed by atoms with Gasteiger partial charge in [-0.15, -0.1) is 0 Å². The van der Waals surface area contributed by atoms with Gasteiger partial charge in [-0.3, -0.25) is 4.79 Å². The molecule has 0 radical (unpaired) electrons. The lowest BCUT2D eigenvalue weighted by atomic mass is 9.96. The molecule has 622 valence electrons. The van der Waals surface area contributed by atoms with Crippen LogP contribution in [0.1, 0.15) is 335 Å². The molecule has 0 aromatic rings. The largest absolute Gasteiger partial charge is 0.394 e. The van der Waals surface area contributed by atoms with Crippen molar-refractivity contribution in [1.29, 1.82) is 0 Å². The Morgan fingerprint density at radius 2 is 0.645 bits per heavy atom. The van der Waals surface area contributed by atoms with Crippen molar-refractivity contribution in [3.05, 3.63) is 85.1 Å². The molecule has 12 N–H and O–H groups in total. The molecule has 17 unspecified atom stereocenters. The summed E-state index contributed by atoms with van der Waals surface area (Å²) in [4.78, 5) is 13.5. The summed E-state index contributed by atoms with van der Waals surface area (Å²) in [6.45, 7) is 1.73. The summed E-state index contributed by atoms with van der Waals surface area (Å²) in [5.74, 6) is -0.245. The number of unbranched alkanes of at least 4 members (excludes halogenated alkanes) is 39. The Bertz CT molecular complexity index is 2260. The van der Waals surface area contributed by atoms with Crippen molar-refractivity contribution in [3.63, 3.8) is 0 Å². The number of rotatable bonds is 69. The summed E-state index contributed by atoms with van der Waals surface area (Å²) >= 11 is 0. The summed E-state index contributed by atoms with van der Waals surface area (Å²) in [5, 5.41) is 121. The van der Waals surface area contributed by atoms with E-state index in [0.29, 0.717) is 12.8 Å². The fraction of sp³-hybridized carbons (Fsp3) is 0.830. The SMILES string of the molecule is CC/C=C\C/C=C\C/C=C\C/C=C\C/C=C\C/C=C\C/C=C\CCCCCCCCCCCCCC(=O)NC(COC1OC(CO)C(OC2OC(CO)C(OC3OC(CO)C(O)C(O)C3O)C(O)C2O)C(O)C1O)C(O)CCCCCCCCCCCCCCCCCCCCCCCCCCCCCCC. The van der Waals surface area contributed by atoms with Crippen molar-refractivity contribution in [3.8, 4) is 0 Å². The van der Waals surface area contributed by atoms with Crippen molar-refractivity contribution in [2.24, 2.45) is 0 Å². The molecule has 3 aliphatic rings. The summed E-state index contributed by atoms with van der Waals surface area (Å²) in [6.07, 6.45) is 63.8. The molecule has 17 atom stereocenters. The Morgan fingerprint density at radius 1 is 0.346 bits per heavy atom. The number of aliphatic hydroxyl groups is 11. The number of hydrogen-bond donors (Lipinski definition) is 12. The summed E-state index contributed by atoms with van der Waals surface area (Å²) in [7, 11) is 0. The highest BCUT2D eigenvalue weighted by Crippen LogP contribution is 2.33. The molecule has 0 aromatic carbocycles. The van der Waals surface area contributed by atoms with E-state index in [1.807, 2.05) is 0 Å². The fourth-order valence-corrected chi connectivity index (χ4v) is 14.4. The second kappa shape index (κ2) is 67.5. The third-order valence-electron chi connectivity index (χ3n) is 21.2. The maximum Gasteiger partial charge on any atom is 0.220 e. The molecule has 3 saturated heterocycles. The zero-order chi connectivity index (χ0) is 77.4. The highest BCUT2D eigenvalue weighted by Gasteiger charge is 2.54. The molecule has 3 aliphatic heterocycles. The molecule has 0 bridgehead atoms. The smallest absolute Gasteiger partial charge is 0.220 e. The number of aliphatic hydroxyl groups excluding tert-OH is 11. The molecule has 19 nitrogen and oxygen atoms in total. The number of hydrogen-bond acceptors (Lipinski definition) is 18. The molecular formula is C88H157NO18. The second-order valence-electron chi connectivity index (χ2n) is 30.6. The van der Waals surface area contributed by atoms with Gasteiger partial charge in [0.05, 0.1) is 38.6 Å². The normalized spacial score (nSPS) is 25.9. The van der Waals surface area contributed by atoms with Gasteiger partial charge in [-0.05, 0) is 70.6 Å². The Balaban J connectivity index is 1.35. The fourth-order valence-electron chi connectivity index (χ4n) is 14.4. The zero-order valence-corrected chi connectivity index (χ0v) is 66.9. The lowest BCUT2D eigenvalue weighted by Crippen LogP contribution is -2.66. The molecular weight excluding hydrogens is 1360 g/mol. The first-order valence-corrected chi connectivity index (χ1v) is 43.3. The van der Waals surface area contributed by atoms with Gasteiger partial charge in [0, 0.05) is 6.42 Å². The van der Waals surface area contributed by atoms with Crippen molar-refractivity contribution < 1.29 is 89.4 Å². The summed E-state index contributed by atoms with van der Waals surface area (Å²) in [5.41, 5.74) is 0. The molecule has 0 aliphatic carbocycles. The van der Waals surface area contributed by atoms with E-state index in [0.717, 1.165) is 96.3 Å². The standard InChI is InChI=1S/C88H157NO18/c1-3-5-7-9-11-13-15-17-19-21-23-25-27-29-31-33-34-35-36-38-40-42-44-46-48-50-52-54-56-58-60-62-64-66-76(94)89-71(72(93)65-63-61-59-57-55-53-51-49-47-45-43-41-39-37-32-30-28-26-24-22-20-18-16-14-12-10-8-6-4-2)70-102-86-82(100)79(97)84(74(68-91)104-86)107-88-83(101)80(98)85(75(69-92)105-88)106-87-81(99)78(96)77(95)73(67-90)103-87/h5,7,11,13,17,19,23,25,29,31,34-35,38,40,71-75,77-88,90-93,95-101H,3-4,6,8-10,12,14-16,18,20-22,24,26-28,30,32-33,36-37,39,41-70H2,1-2H3,(H,89,94)/b7-5-,13-11-,19-17-,25-23-,31-29-,35-34-,40-38-. The third-order valence-corrected chi connectivity index (χ3v) is 21.2. The Labute approximate surface area is 648 Å². The summed E-state index contributed by atoms with van der Waals surface area (Å²) < 4.78 is 34.6. The van der Waals surface area contributed by atoms with E-state index in [1.165, 1.54) is 205 Å². The number of carbonyl (C=O) groups excluding carboxylic acids is 1. The third kappa shape index (κ3) is 46.7. The van der Waals surface area contributed by atoms with E-state index >= 15 is 0 Å². The van der Waals surface area contributed by atoms with Crippen LogP contribution in [0.25, 0.3) is 0 Å². The number of allylic oxidation sites excluding steroid dienone is 14. The molecule has 3 fully saturated rings.